The van der Waals surface area contributed by atoms with Crippen LogP contribution in [0, 0.1) is 0 Å². The number of pyridine rings is 1. The van der Waals surface area contributed by atoms with Crippen LogP contribution in [0.4, 0.5) is 11.4 Å². The molecule has 4 rings (SSSR count). The van der Waals surface area contributed by atoms with Crippen molar-refractivity contribution in [2.45, 2.75) is 19.0 Å². The van der Waals surface area contributed by atoms with E-state index >= 15 is 0 Å². The van der Waals surface area contributed by atoms with Gasteiger partial charge in [0.15, 0.2) is 0 Å². The van der Waals surface area contributed by atoms with Crippen LogP contribution in [-0.4, -0.2) is 78.9 Å². The van der Waals surface area contributed by atoms with Crippen molar-refractivity contribution in [2.24, 2.45) is 0 Å². The van der Waals surface area contributed by atoms with E-state index in [-0.39, 0.29) is 18.2 Å². The molecule has 1 aromatic heterocycles. The Hall–Kier alpha value is -3.62. The number of carbonyl (C=O) groups is 3. The van der Waals surface area contributed by atoms with E-state index in [2.05, 4.69) is 15.2 Å². The quantitative estimate of drug-likeness (QED) is 0.722. The van der Waals surface area contributed by atoms with Gasteiger partial charge in [-0.1, -0.05) is 0 Å². The monoisotopic (exact) mass is 437 g/mol. The van der Waals surface area contributed by atoms with Crippen LogP contribution in [0.3, 0.4) is 0 Å². The molecule has 0 spiro atoms. The number of rotatable bonds is 4. The van der Waals surface area contributed by atoms with Crippen molar-refractivity contribution in [2.75, 3.05) is 50.6 Å². The Balaban J connectivity index is 1.46. The maximum Gasteiger partial charge on any atom is 0.308 e. The highest BCUT2D eigenvalue weighted by atomic mass is 16.5. The number of likely N-dealkylation sites (N-methyl/N-ethyl adjacent to an activating group) is 1. The highest BCUT2D eigenvalue weighted by Gasteiger charge is 2.30. The number of anilines is 2. The maximum atomic E-state index is 13.1. The summed E-state index contributed by atoms with van der Waals surface area (Å²) in [5.74, 6) is -0.663. The van der Waals surface area contributed by atoms with E-state index in [0.717, 1.165) is 30.0 Å². The van der Waals surface area contributed by atoms with Gasteiger partial charge in [-0.2, -0.15) is 0 Å². The Bertz CT molecular complexity index is 1000. The molecule has 2 aliphatic rings. The first-order valence-corrected chi connectivity index (χ1v) is 10.6. The zero-order chi connectivity index (χ0) is 22.7. The zero-order valence-corrected chi connectivity index (χ0v) is 18.3. The van der Waals surface area contributed by atoms with E-state index in [1.165, 1.54) is 7.11 Å². The second kappa shape index (κ2) is 9.25. The molecule has 2 aliphatic heterocycles. The lowest BCUT2D eigenvalue weighted by Gasteiger charge is -2.36. The molecule has 1 unspecified atom stereocenters. The number of hydrogen-bond donors (Lipinski definition) is 1. The molecule has 9 heteroatoms. The third kappa shape index (κ3) is 4.51. The second-order valence-corrected chi connectivity index (χ2v) is 8.03. The first-order chi connectivity index (χ1) is 15.5. The van der Waals surface area contributed by atoms with Crippen molar-refractivity contribution in [3.05, 3.63) is 53.9 Å². The van der Waals surface area contributed by atoms with Gasteiger partial charge in [-0.05, 0) is 35.9 Å². The minimum absolute atomic E-state index is 0.0217. The number of carbonyl (C=O) groups excluding carboxylic acids is 3. The summed E-state index contributed by atoms with van der Waals surface area (Å²) < 4.78 is 4.71. The van der Waals surface area contributed by atoms with Gasteiger partial charge in [0.1, 0.15) is 6.04 Å². The standard InChI is InChI=1S/C23H27N5O4/c1-26-15-17-13-16(3-4-19(17)25-20(23(26)31)14-21(29)32-2)22(30)28-11-9-27(10-12-28)18-5-7-24-8-6-18/h3-8,13,20,25H,9-12,14-15H2,1-2H3. The SMILES string of the molecule is COC(=O)CC1Nc2ccc(C(=O)N3CCN(c4ccncc4)CC3)cc2CN(C)C1=O. The Morgan fingerprint density at radius 2 is 1.84 bits per heavy atom. The molecule has 2 amide bonds. The van der Waals surface area contributed by atoms with Crippen LogP contribution in [-0.2, 0) is 20.9 Å². The number of methoxy groups -OCH3 is 1. The fraction of sp³-hybridized carbons (Fsp3) is 0.391. The van der Waals surface area contributed by atoms with Crippen molar-refractivity contribution in [1.29, 1.82) is 0 Å². The summed E-state index contributed by atoms with van der Waals surface area (Å²) in [6.45, 7) is 3.14. The van der Waals surface area contributed by atoms with Gasteiger partial charge in [-0.25, -0.2) is 0 Å². The van der Waals surface area contributed by atoms with Crippen LogP contribution >= 0.6 is 0 Å². The van der Waals surface area contributed by atoms with Gasteiger partial charge in [0.25, 0.3) is 5.91 Å². The van der Waals surface area contributed by atoms with Gasteiger partial charge in [0.05, 0.1) is 13.5 Å². The number of nitrogens with one attached hydrogen (secondary N) is 1. The van der Waals surface area contributed by atoms with Gasteiger partial charge < -0.3 is 24.8 Å². The number of esters is 1. The van der Waals surface area contributed by atoms with Crippen molar-refractivity contribution < 1.29 is 19.1 Å². The Morgan fingerprint density at radius 1 is 1.12 bits per heavy atom. The summed E-state index contributed by atoms with van der Waals surface area (Å²) in [6, 6.07) is 8.67. The summed E-state index contributed by atoms with van der Waals surface area (Å²) in [5.41, 5.74) is 3.29. The van der Waals surface area contributed by atoms with E-state index in [0.29, 0.717) is 25.2 Å². The van der Waals surface area contributed by atoms with E-state index < -0.39 is 12.0 Å². The summed E-state index contributed by atoms with van der Waals surface area (Å²) in [6.07, 6.45) is 3.49. The molecule has 0 radical (unpaired) electrons. The van der Waals surface area contributed by atoms with Crippen LogP contribution in [0.15, 0.2) is 42.7 Å². The van der Waals surface area contributed by atoms with Crippen molar-refractivity contribution in [3.63, 3.8) is 0 Å². The number of amides is 2. The average Bonchev–Trinajstić information content (AvgIpc) is 2.94. The minimum Gasteiger partial charge on any atom is -0.469 e. The van der Waals surface area contributed by atoms with Gasteiger partial charge in [-0.15, -0.1) is 0 Å². The number of fused-ring (bicyclic) bond motifs is 1. The van der Waals surface area contributed by atoms with Crippen LogP contribution in [0.1, 0.15) is 22.3 Å². The Morgan fingerprint density at radius 3 is 2.53 bits per heavy atom. The first-order valence-electron chi connectivity index (χ1n) is 10.6. The minimum atomic E-state index is -0.698. The number of ether oxygens (including phenoxy) is 1. The molecule has 1 saturated heterocycles. The third-order valence-electron chi connectivity index (χ3n) is 5.96. The summed E-state index contributed by atoms with van der Waals surface area (Å²) in [5, 5.41) is 3.15. The lowest BCUT2D eigenvalue weighted by Crippen LogP contribution is -2.48. The number of benzene rings is 1. The molecule has 32 heavy (non-hydrogen) atoms. The second-order valence-electron chi connectivity index (χ2n) is 8.03. The predicted molar refractivity (Wildman–Crippen MR) is 119 cm³/mol. The highest BCUT2D eigenvalue weighted by Crippen LogP contribution is 2.26. The molecule has 1 atom stereocenters. The lowest BCUT2D eigenvalue weighted by molar-refractivity contribution is -0.143. The topological polar surface area (TPSA) is 95.1 Å². The first kappa shape index (κ1) is 21.6. The van der Waals surface area contributed by atoms with E-state index in [1.54, 1.807) is 30.4 Å². The molecule has 3 heterocycles. The predicted octanol–water partition coefficient (Wildman–Crippen LogP) is 1.36. The van der Waals surface area contributed by atoms with Gasteiger partial charge in [0.2, 0.25) is 5.91 Å². The molecular weight excluding hydrogens is 410 g/mol. The molecule has 0 aliphatic carbocycles. The number of nitrogens with zero attached hydrogens (tertiary/aromatic N) is 4. The number of piperazine rings is 1. The largest absolute Gasteiger partial charge is 0.469 e. The van der Waals surface area contributed by atoms with Crippen LogP contribution < -0.4 is 10.2 Å². The Kier molecular flexibility index (Phi) is 6.25. The van der Waals surface area contributed by atoms with Crippen molar-refractivity contribution in [3.8, 4) is 0 Å². The van der Waals surface area contributed by atoms with Crippen LogP contribution in [0.25, 0.3) is 0 Å². The van der Waals surface area contributed by atoms with E-state index in [4.69, 9.17) is 4.74 Å². The normalized spacial score (nSPS) is 18.5. The van der Waals surface area contributed by atoms with Gasteiger partial charge in [-0.3, -0.25) is 19.4 Å². The summed E-state index contributed by atoms with van der Waals surface area (Å²) >= 11 is 0. The van der Waals surface area contributed by atoms with Crippen LogP contribution in [0.2, 0.25) is 0 Å². The smallest absolute Gasteiger partial charge is 0.308 e. The lowest BCUT2D eigenvalue weighted by atomic mass is 10.1. The Labute approximate surface area is 187 Å². The number of aromatic nitrogens is 1. The highest BCUT2D eigenvalue weighted by molar-refractivity contribution is 5.96. The fourth-order valence-corrected chi connectivity index (χ4v) is 4.14. The molecule has 9 nitrogen and oxygen atoms in total. The molecule has 1 aromatic carbocycles. The van der Waals surface area contributed by atoms with Gasteiger partial charge >= 0.3 is 5.97 Å². The molecule has 0 saturated carbocycles. The van der Waals surface area contributed by atoms with E-state index in [9.17, 15) is 14.4 Å². The molecule has 1 fully saturated rings. The van der Waals surface area contributed by atoms with Gasteiger partial charge in [0, 0.05) is 69.1 Å². The van der Waals surface area contributed by atoms with E-state index in [1.807, 2.05) is 29.2 Å². The summed E-state index contributed by atoms with van der Waals surface area (Å²) in [7, 11) is 2.99. The summed E-state index contributed by atoms with van der Waals surface area (Å²) in [4.78, 5) is 47.2. The molecular formula is C23H27N5O4. The molecule has 1 N–H and O–H groups in total. The van der Waals surface area contributed by atoms with Crippen molar-refractivity contribution >= 4 is 29.2 Å². The molecule has 0 bridgehead atoms. The molecule has 2 aromatic rings. The molecule has 168 valence electrons. The number of hydrogen-bond acceptors (Lipinski definition) is 7. The maximum absolute atomic E-state index is 13.1. The van der Waals surface area contributed by atoms with Crippen LogP contribution in [0.5, 0.6) is 0 Å². The third-order valence-corrected chi connectivity index (χ3v) is 5.96. The van der Waals surface area contributed by atoms with Crippen molar-refractivity contribution in [1.82, 2.24) is 14.8 Å². The fourth-order valence-electron chi connectivity index (χ4n) is 4.14. The average molecular weight is 438 g/mol. The zero-order valence-electron chi connectivity index (χ0n) is 18.3.